The van der Waals surface area contributed by atoms with Crippen LogP contribution in [0.1, 0.15) is 27.5 Å². The summed E-state index contributed by atoms with van der Waals surface area (Å²) in [6.07, 6.45) is 1.70. The van der Waals surface area contributed by atoms with Gasteiger partial charge in [0.1, 0.15) is 5.82 Å². The highest BCUT2D eigenvalue weighted by Crippen LogP contribution is 2.19. The van der Waals surface area contributed by atoms with Crippen LogP contribution in [-0.4, -0.2) is 50.5 Å². The highest BCUT2D eigenvalue weighted by molar-refractivity contribution is 5.98. The maximum Gasteiger partial charge on any atom is 0.255 e. The monoisotopic (exact) mass is 326 g/mol. The van der Waals surface area contributed by atoms with Gasteiger partial charge in [-0.05, 0) is 38.7 Å². The van der Waals surface area contributed by atoms with Gasteiger partial charge in [-0.15, -0.1) is 0 Å². The van der Waals surface area contributed by atoms with Crippen LogP contribution in [0.4, 0.5) is 5.82 Å². The maximum atomic E-state index is 12.6. The van der Waals surface area contributed by atoms with Crippen LogP contribution in [0.2, 0.25) is 0 Å². The molecule has 0 fully saturated rings. The highest BCUT2D eigenvalue weighted by atomic mass is 16.1. The predicted octanol–water partition coefficient (Wildman–Crippen LogP) is 2.49. The van der Waals surface area contributed by atoms with Crippen molar-refractivity contribution in [2.45, 2.75) is 13.0 Å². The second-order valence-electron chi connectivity index (χ2n) is 6.37. The molecule has 0 aliphatic carbocycles. The molecule has 0 aliphatic heterocycles. The molecule has 1 amide bonds. The number of hydrogen-bond donors (Lipinski definition) is 1. The first-order valence-electron chi connectivity index (χ1n) is 8.03. The van der Waals surface area contributed by atoms with Crippen LogP contribution in [0.3, 0.4) is 0 Å². The van der Waals surface area contributed by atoms with E-state index in [4.69, 9.17) is 0 Å². The molecule has 0 saturated heterocycles. The number of carbonyl (C=O) groups excluding carboxylic acids is 1. The minimum atomic E-state index is -0.106. The van der Waals surface area contributed by atoms with Gasteiger partial charge in [0.25, 0.3) is 5.91 Å². The minimum Gasteiger partial charge on any atom is -0.362 e. The number of aryl methyl sites for hydroxylation is 1. The Kier molecular flexibility index (Phi) is 5.93. The number of rotatable bonds is 6. The minimum absolute atomic E-state index is 0.106. The van der Waals surface area contributed by atoms with Gasteiger partial charge >= 0.3 is 0 Å². The average Bonchev–Trinajstić information content (AvgIpc) is 2.56. The molecule has 0 aliphatic rings. The fourth-order valence-corrected chi connectivity index (χ4v) is 2.60. The molecule has 1 aromatic carbocycles. The predicted molar refractivity (Wildman–Crippen MR) is 98.5 cm³/mol. The molecule has 1 unspecified atom stereocenters. The van der Waals surface area contributed by atoms with Crippen molar-refractivity contribution in [3.05, 3.63) is 59.3 Å². The van der Waals surface area contributed by atoms with Gasteiger partial charge in [-0.25, -0.2) is 4.98 Å². The third kappa shape index (κ3) is 4.32. The third-order valence-corrected chi connectivity index (χ3v) is 4.00. The topological polar surface area (TPSA) is 48.5 Å². The van der Waals surface area contributed by atoms with E-state index in [1.165, 1.54) is 11.1 Å². The molecule has 0 spiro atoms. The van der Waals surface area contributed by atoms with Crippen molar-refractivity contribution >= 4 is 11.7 Å². The Morgan fingerprint density at radius 3 is 2.38 bits per heavy atom. The standard InChI is InChI=1S/C19H26N4O/c1-14-8-10-15(11-9-14)17(22(2)3)13-21-19(24)16-7-6-12-20-18(16)23(4)5/h6-12,17H,13H2,1-5H3,(H,21,24). The molecule has 5 heteroatoms. The van der Waals surface area contributed by atoms with Gasteiger partial charge in [0.05, 0.1) is 11.6 Å². The fraction of sp³-hybridized carbons (Fsp3) is 0.368. The van der Waals surface area contributed by atoms with Crippen molar-refractivity contribution < 1.29 is 4.79 Å². The average molecular weight is 326 g/mol. The summed E-state index contributed by atoms with van der Waals surface area (Å²) in [6, 6.07) is 12.1. The molecule has 0 saturated carbocycles. The summed E-state index contributed by atoms with van der Waals surface area (Å²) in [4.78, 5) is 20.8. The van der Waals surface area contributed by atoms with Crippen LogP contribution >= 0.6 is 0 Å². The molecule has 1 heterocycles. The van der Waals surface area contributed by atoms with Gasteiger partial charge in [0.15, 0.2) is 0 Å². The number of benzene rings is 1. The Morgan fingerprint density at radius 1 is 1.12 bits per heavy atom. The number of amides is 1. The summed E-state index contributed by atoms with van der Waals surface area (Å²) in [5.74, 6) is 0.567. The summed E-state index contributed by atoms with van der Waals surface area (Å²) in [6.45, 7) is 2.61. The van der Waals surface area contributed by atoms with Crippen molar-refractivity contribution in [1.29, 1.82) is 0 Å². The van der Waals surface area contributed by atoms with Crippen molar-refractivity contribution in [3.63, 3.8) is 0 Å². The molecule has 128 valence electrons. The Bertz CT molecular complexity index is 680. The first kappa shape index (κ1) is 17.9. The number of aromatic nitrogens is 1. The van der Waals surface area contributed by atoms with Gasteiger partial charge in [0.2, 0.25) is 0 Å². The lowest BCUT2D eigenvalue weighted by molar-refractivity contribution is 0.0942. The van der Waals surface area contributed by atoms with E-state index in [1.54, 1.807) is 18.3 Å². The molecule has 1 atom stereocenters. The zero-order valence-corrected chi connectivity index (χ0v) is 15.1. The Balaban J connectivity index is 2.12. The summed E-state index contributed by atoms with van der Waals surface area (Å²) in [5.41, 5.74) is 3.00. The van der Waals surface area contributed by atoms with E-state index in [0.717, 1.165) is 0 Å². The number of nitrogens with one attached hydrogen (secondary N) is 1. The molecule has 5 nitrogen and oxygen atoms in total. The molecule has 1 N–H and O–H groups in total. The van der Waals surface area contributed by atoms with Gasteiger partial charge in [-0.2, -0.15) is 0 Å². The Labute approximate surface area is 144 Å². The van der Waals surface area contributed by atoms with Crippen molar-refractivity contribution in [1.82, 2.24) is 15.2 Å². The maximum absolute atomic E-state index is 12.6. The number of likely N-dealkylation sites (N-methyl/N-ethyl adjacent to an activating group) is 1. The lowest BCUT2D eigenvalue weighted by Gasteiger charge is -2.25. The van der Waals surface area contributed by atoms with Gasteiger partial charge in [-0.3, -0.25) is 4.79 Å². The van der Waals surface area contributed by atoms with E-state index >= 15 is 0 Å². The highest BCUT2D eigenvalue weighted by Gasteiger charge is 2.18. The third-order valence-electron chi connectivity index (χ3n) is 4.00. The zero-order chi connectivity index (χ0) is 17.7. The molecular weight excluding hydrogens is 300 g/mol. The molecule has 2 rings (SSSR count). The first-order chi connectivity index (χ1) is 11.4. The molecule has 0 bridgehead atoms. The van der Waals surface area contributed by atoms with Crippen LogP contribution in [-0.2, 0) is 0 Å². The summed E-state index contributed by atoms with van der Waals surface area (Å²) >= 11 is 0. The number of hydrogen-bond acceptors (Lipinski definition) is 4. The van der Waals surface area contributed by atoms with Gasteiger partial charge < -0.3 is 15.1 Å². The summed E-state index contributed by atoms with van der Waals surface area (Å²) in [7, 11) is 7.81. The number of anilines is 1. The van der Waals surface area contributed by atoms with Gasteiger partial charge in [0, 0.05) is 26.8 Å². The van der Waals surface area contributed by atoms with E-state index in [9.17, 15) is 4.79 Å². The zero-order valence-electron chi connectivity index (χ0n) is 15.1. The normalized spacial score (nSPS) is 12.1. The second-order valence-corrected chi connectivity index (χ2v) is 6.37. The molecular formula is C19H26N4O. The van der Waals surface area contributed by atoms with Gasteiger partial charge in [-0.1, -0.05) is 29.8 Å². The van der Waals surface area contributed by atoms with Crippen LogP contribution < -0.4 is 10.2 Å². The van der Waals surface area contributed by atoms with E-state index in [2.05, 4.69) is 46.4 Å². The van der Waals surface area contributed by atoms with E-state index in [-0.39, 0.29) is 11.9 Å². The van der Waals surface area contributed by atoms with Crippen LogP contribution in [0.15, 0.2) is 42.6 Å². The quantitative estimate of drug-likeness (QED) is 0.886. The van der Waals surface area contributed by atoms with Crippen molar-refractivity contribution in [2.75, 3.05) is 39.6 Å². The van der Waals surface area contributed by atoms with Crippen LogP contribution in [0, 0.1) is 6.92 Å². The second kappa shape index (κ2) is 7.93. The van der Waals surface area contributed by atoms with Crippen molar-refractivity contribution in [3.8, 4) is 0 Å². The molecule has 0 radical (unpaired) electrons. The largest absolute Gasteiger partial charge is 0.362 e. The molecule has 2 aromatic rings. The van der Waals surface area contributed by atoms with Crippen molar-refractivity contribution in [2.24, 2.45) is 0 Å². The van der Waals surface area contributed by atoms with E-state index in [0.29, 0.717) is 17.9 Å². The Hall–Kier alpha value is -2.40. The molecule has 1 aromatic heterocycles. The van der Waals surface area contributed by atoms with E-state index < -0.39 is 0 Å². The smallest absolute Gasteiger partial charge is 0.255 e. The van der Waals surface area contributed by atoms with Crippen LogP contribution in [0.5, 0.6) is 0 Å². The lowest BCUT2D eigenvalue weighted by atomic mass is 10.0. The van der Waals surface area contributed by atoms with E-state index in [1.807, 2.05) is 33.1 Å². The number of nitrogens with zero attached hydrogens (tertiary/aromatic N) is 3. The SMILES string of the molecule is Cc1ccc(C(CNC(=O)c2cccnc2N(C)C)N(C)C)cc1. The lowest BCUT2D eigenvalue weighted by Crippen LogP contribution is -2.35. The summed E-state index contributed by atoms with van der Waals surface area (Å²) < 4.78 is 0. The first-order valence-corrected chi connectivity index (χ1v) is 8.03. The van der Waals surface area contributed by atoms with Crippen LogP contribution in [0.25, 0.3) is 0 Å². The number of carbonyl (C=O) groups is 1. The summed E-state index contributed by atoms with van der Waals surface area (Å²) in [5, 5.41) is 3.04. The Morgan fingerprint density at radius 2 is 1.79 bits per heavy atom. The number of pyridine rings is 1. The fourth-order valence-electron chi connectivity index (χ4n) is 2.60. The molecule has 24 heavy (non-hydrogen) atoms.